The Balaban J connectivity index is 2.02. The molecule has 27 heavy (non-hydrogen) atoms. The number of nitrogens with zero attached hydrogens (tertiary/aromatic N) is 1. The van der Waals surface area contributed by atoms with E-state index in [0.29, 0.717) is 31.8 Å². The maximum absolute atomic E-state index is 14.4. The third kappa shape index (κ3) is 3.61. The number of carbonyl (C=O) groups excluding carboxylic acids is 1. The van der Waals surface area contributed by atoms with Gasteiger partial charge in [-0.3, -0.25) is 10.1 Å². The second-order valence-corrected chi connectivity index (χ2v) is 6.86. The molecule has 8 heteroatoms. The SMILES string of the molecule is CCOC(=O)c1sc2cccc(F)c2c1CNc1cccc([N+](=O)[O-])c1C. The van der Waals surface area contributed by atoms with E-state index in [0.717, 1.165) is 0 Å². The van der Waals surface area contributed by atoms with Gasteiger partial charge in [0.25, 0.3) is 5.69 Å². The molecule has 0 fully saturated rings. The Labute approximate surface area is 158 Å². The van der Waals surface area contributed by atoms with E-state index < -0.39 is 16.7 Å². The smallest absolute Gasteiger partial charge is 0.348 e. The van der Waals surface area contributed by atoms with Crippen LogP contribution in [0.15, 0.2) is 36.4 Å². The molecule has 0 amide bonds. The number of nitro benzene ring substituents is 1. The molecule has 0 saturated heterocycles. The van der Waals surface area contributed by atoms with Crippen LogP contribution < -0.4 is 5.32 Å². The van der Waals surface area contributed by atoms with Crippen molar-refractivity contribution in [1.29, 1.82) is 0 Å². The molecule has 3 rings (SSSR count). The van der Waals surface area contributed by atoms with Gasteiger partial charge < -0.3 is 10.1 Å². The highest BCUT2D eigenvalue weighted by Gasteiger charge is 2.22. The van der Waals surface area contributed by atoms with Crippen LogP contribution in [0, 0.1) is 22.9 Å². The topological polar surface area (TPSA) is 81.5 Å². The van der Waals surface area contributed by atoms with Crippen molar-refractivity contribution in [1.82, 2.24) is 0 Å². The van der Waals surface area contributed by atoms with Crippen LogP contribution in [0.2, 0.25) is 0 Å². The zero-order chi connectivity index (χ0) is 19.6. The number of carbonyl (C=O) groups is 1. The summed E-state index contributed by atoms with van der Waals surface area (Å²) in [5.74, 6) is -0.933. The number of rotatable bonds is 6. The van der Waals surface area contributed by atoms with Crippen LogP contribution in [0.3, 0.4) is 0 Å². The molecule has 0 spiro atoms. The lowest BCUT2D eigenvalue weighted by molar-refractivity contribution is -0.385. The number of fused-ring (bicyclic) bond motifs is 1. The molecule has 0 aliphatic rings. The van der Waals surface area contributed by atoms with Crippen molar-refractivity contribution in [2.24, 2.45) is 0 Å². The normalized spacial score (nSPS) is 10.8. The summed E-state index contributed by atoms with van der Waals surface area (Å²) < 4.78 is 20.2. The number of thiophene rings is 1. The molecule has 140 valence electrons. The lowest BCUT2D eigenvalue weighted by Crippen LogP contribution is -2.09. The molecule has 1 aromatic heterocycles. The quantitative estimate of drug-likeness (QED) is 0.363. The summed E-state index contributed by atoms with van der Waals surface area (Å²) in [7, 11) is 0. The molecular formula is C19H17FN2O4S. The average molecular weight is 388 g/mol. The minimum atomic E-state index is -0.509. The zero-order valence-corrected chi connectivity index (χ0v) is 15.6. The Hall–Kier alpha value is -3.00. The van der Waals surface area contributed by atoms with Gasteiger partial charge in [-0.05, 0) is 32.0 Å². The van der Waals surface area contributed by atoms with Crippen molar-refractivity contribution in [3.05, 3.63) is 68.3 Å². The van der Waals surface area contributed by atoms with Crippen LogP contribution in [0.4, 0.5) is 15.8 Å². The second-order valence-electron chi connectivity index (χ2n) is 5.80. The van der Waals surface area contributed by atoms with Gasteiger partial charge in [-0.1, -0.05) is 12.1 Å². The third-order valence-corrected chi connectivity index (χ3v) is 5.36. The van der Waals surface area contributed by atoms with E-state index in [1.807, 2.05) is 0 Å². The van der Waals surface area contributed by atoms with Crippen molar-refractivity contribution in [2.45, 2.75) is 20.4 Å². The maximum Gasteiger partial charge on any atom is 0.348 e. The number of halogens is 1. The lowest BCUT2D eigenvalue weighted by Gasteiger charge is -2.11. The van der Waals surface area contributed by atoms with Gasteiger partial charge in [0.1, 0.15) is 10.7 Å². The lowest BCUT2D eigenvalue weighted by atomic mass is 10.1. The Bertz CT molecular complexity index is 1030. The Morgan fingerprint density at radius 2 is 2.04 bits per heavy atom. The highest BCUT2D eigenvalue weighted by Crippen LogP contribution is 2.35. The summed E-state index contributed by atoms with van der Waals surface area (Å²) >= 11 is 1.17. The third-order valence-electron chi connectivity index (χ3n) is 4.18. The molecule has 0 unspecified atom stereocenters. The number of ether oxygens (including phenoxy) is 1. The van der Waals surface area contributed by atoms with E-state index in [9.17, 15) is 19.3 Å². The average Bonchev–Trinajstić information content (AvgIpc) is 3.01. The van der Waals surface area contributed by atoms with Gasteiger partial charge in [0.2, 0.25) is 0 Å². The fraction of sp³-hybridized carbons (Fsp3) is 0.211. The van der Waals surface area contributed by atoms with Crippen LogP contribution in [0.5, 0.6) is 0 Å². The molecular weight excluding hydrogens is 371 g/mol. The first-order valence-corrected chi connectivity index (χ1v) is 9.10. The maximum atomic E-state index is 14.4. The predicted octanol–water partition coefficient (Wildman–Crippen LogP) is 5.05. The fourth-order valence-electron chi connectivity index (χ4n) is 2.89. The highest BCUT2D eigenvalue weighted by atomic mass is 32.1. The summed E-state index contributed by atoms with van der Waals surface area (Å²) in [5.41, 5.74) is 1.50. The molecule has 1 heterocycles. The van der Waals surface area contributed by atoms with Gasteiger partial charge in [0.15, 0.2) is 0 Å². The largest absolute Gasteiger partial charge is 0.462 e. The molecule has 2 aromatic carbocycles. The molecule has 0 bridgehead atoms. The second kappa shape index (κ2) is 7.71. The van der Waals surface area contributed by atoms with Crippen molar-refractivity contribution >= 4 is 38.8 Å². The minimum Gasteiger partial charge on any atom is -0.462 e. The molecule has 0 saturated carbocycles. The zero-order valence-electron chi connectivity index (χ0n) is 14.7. The molecule has 0 aliphatic carbocycles. The van der Waals surface area contributed by atoms with Gasteiger partial charge in [-0.2, -0.15) is 0 Å². The van der Waals surface area contributed by atoms with Crippen LogP contribution in [0.25, 0.3) is 10.1 Å². The summed E-state index contributed by atoms with van der Waals surface area (Å²) in [6.07, 6.45) is 0. The van der Waals surface area contributed by atoms with Crippen LogP contribution in [-0.4, -0.2) is 17.5 Å². The Morgan fingerprint density at radius 1 is 1.30 bits per heavy atom. The number of nitrogens with one attached hydrogen (secondary N) is 1. The van der Waals surface area contributed by atoms with Gasteiger partial charge in [0.05, 0.1) is 11.5 Å². The van der Waals surface area contributed by atoms with Gasteiger partial charge in [-0.15, -0.1) is 11.3 Å². The van der Waals surface area contributed by atoms with E-state index in [-0.39, 0.29) is 18.8 Å². The van der Waals surface area contributed by atoms with Gasteiger partial charge in [0, 0.05) is 39.5 Å². The molecule has 1 N–H and O–H groups in total. The van der Waals surface area contributed by atoms with E-state index >= 15 is 0 Å². The summed E-state index contributed by atoms with van der Waals surface area (Å²) in [4.78, 5) is 23.3. The standard InChI is InChI=1S/C19H17FN2O4S/c1-3-26-19(23)18-12(17-13(20)6-4-9-16(17)27-18)10-21-14-7-5-8-15(11(14)2)22(24)25/h4-9,21H,3,10H2,1-2H3. The van der Waals surface area contributed by atoms with Crippen molar-refractivity contribution in [3.8, 4) is 0 Å². The first-order valence-electron chi connectivity index (χ1n) is 8.29. The van der Waals surface area contributed by atoms with E-state index in [1.165, 1.54) is 23.5 Å². The Kier molecular flexibility index (Phi) is 5.36. The Morgan fingerprint density at radius 3 is 2.74 bits per heavy atom. The van der Waals surface area contributed by atoms with Crippen molar-refractivity contribution in [2.75, 3.05) is 11.9 Å². The molecule has 0 atom stereocenters. The number of benzene rings is 2. The summed E-state index contributed by atoms with van der Waals surface area (Å²) in [6, 6.07) is 9.37. The monoisotopic (exact) mass is 388 g/mol. The first kappa shape index (κ1) is 18.8. The number of anilines is 1. The fourth-order valence-corrected chi connectivity index (χ4v) is 4.02. The minimum absolute atomic E-state index is 0.00743. The summed E-state index contributed by atoms with van der Waals surface area (Å²) in [6.45, 7) is 3.69. The highest BCUT2D eigenvalue weighted by molar-refractivity contribution is 7.21. The van der Waals surface area contributed by atoms with Crippen LogP contribution in [-0.2, 0) is 11.3 Å². The molecule has 6 nitrogen and oxygen atoms in total. The van der Waals surface area contributed by atoms with Crippen LogP contribution >= 0.6 is 11.3 Å². The summed E-state index contributed by atoms with van der Waals surface area (Å²) in [5, 5.41) is 14.6. The number of hydrogen-bond acceptors (Lipinski definition) is 6. The van der Waals surface area contributed by atoms with E-state index in [2.05, 4.69) is 5.32 Å². The van der Waals surface area contributed by atoms with Crippen molar-refractivity contribution in [3.63, 3.8) is 0 Å². The predicted molar refractivity (Wildman–Crippen MR) is 103 cm³/mol. The van der Waals surface area contributed by atoms with Crippen molar-refractivity contribution < 1.29 is 18.8 Å². The molecule has 0 aliphatic heterocycles. The van der Waals surface area contributed by atoms with E-state index in [4.69, 9.17) is 4.74 Å². The van der Waals surface area contributed by atoms with Gasteiger partial charge in [-0.25, -0.2) is 9.18 Å². The molecule has 3 aromatic rings. The number of nitro groups is 1. The first-order chi connectivity index (χ1) is 12.9. The number of esters is 1. The number of hydrogen-bond donors (Lipinski definition) is 1. The molecule has 0 radical (unpaired) electrons. The van der Waals surface area contributed by atoms with Gasteiger partial charge >= 0.3 is 5.97 Å². The van der Waals surface area contributed by atoms with Crippen LogP contribution in [0.1, 0.15) is 27.7 Å². The van der Waals surface area contributed by atoms with E-state index in [1.54, 1.807) is 38.1 Å².